The smallest absolute Gasteiger partial charge is 0.247 e. The summed E-state index contributed by atoms with van der Waals surface area (Å²) in [7, 11) is 0. The molecule has 4 nitrogen and oxygen atoms in total. The summed E-state index contributed by atoms with van der Waals surface area (Å²) in [6.07, 6.45) is 3.02. The molecule has 1 aliphatic rings. The Morgan fingerprint density at radius 1 is 1.38 bits per heavy atom. The lowest BCUT2D eigenvalue weighted by Crippen LogP contribution is -2.63. The number of nitrogens with one attached hydrogen (secondary N) is 1. The van der Waals surface area contributed by atoms with Gasteiger partial charge in [0, 0.05) is 19.2 Å². The van der Waals surface area contributed by atoms with E-state index in [2.05, 4.69) is 5.32 Å². The molecule has 0 unspecified atom stereocenters. The minimum absolute atomic E-state index is 0.156. The second-order valence-electron chi connectivity index (χ2n) is 5.28. The van der Waals surface area contributed by atoms with Gasteiger partial charge in [0.15, 0.2) is 0 Å². The molecule has 0 saturated carbocycles. The molecule has 2 amide bonds. The van der Waals surface area contributed by atoms with E-state index >= 15 is 0 Å². The molecule has 1 aliphatic heterocycles. The second-order valence-corrected chi connectivity index (χ2v) is 6.07. The Morgan fingerprint density at radius 2 is 2.10 bits per heavy atom. The highest BCUT2D eigenvalue weighted by Gasteiger charge is 2.39. The maximum absolute atomic E-state index is 12.3. The fourth-order valence-corrected chi connectivity index (χ4v) is 2.56. The zero-order chi connectivity index (χ0) is 15.6. The molecule has 1 saturated heterocycles. The van der Waals surface area contributed by atoms with Gasteiger partial charge in [-0.2, -0.15) is 0 Å². The molecule has 0 radical (unpaired) electrons. The number of benzene rings is 1. The first-order chi connectivity index (χ1) is 9.84. The van der Waals surface area contributed by atoms with Crippen LogP contribution in [0.4, 0.5) is 0 Å². The first-order valence-corrected chi connectivity index (χ1v) is 7.31. The van der Waals surface area contributed by atoms with Gasteiger partial charge < -0.3 is 10.2 Å². The third-order valence-corrected chi connectivity index (χ3v) is 4.34. The quantitative estimate of drug-likeness (QED) is 0.849. The predicted molar refractivity (Wildman–Crippen MR) is 84.3 cm³/mol. The molecule has 2 rings (SSSR count). The van der Waals surface area contributed by atoms with Gasteiger partial charge in [-0.1, -0.05) is 35.3 Å². The number of amides is 2. The van der Waals surface area contributed by atoms with E-state index < -0.39 is 5.54 Å². The van der Waals surface area contributed by atoms with Gasteiger partial charge in [-0.3, -0.25) is 9.59 Å². The van der Waals surface area contributed by atoms with Crippen molar-refractivity contribution in [2.75, 3.05) is 13.1 Å². The van der Waals surface area contributed by atoms with E-state index in [0.29, 0.717) is 28.7 Å². The molecular formula is C15H16Cl2N2O2. The summed E-state index contributed by atoms with van der Waals surface area (Å²) in [6, 6.07) is 5.21. The molecule has 112 valence electrons. The Bertz CT molecular complexity index is 612. The Kier molecular flexibility index (Phi) is 4.59. The highest BCUT2D eigenvalue weighted by molar-refractivity contribution is 6.42. The Balaban J connectivity index is 2.19. The number of nitrogens with zero attached hydrogens (tertiary/aromatic N) is 1. The lowest BCUT2D eigenvalue weighted by Gasteiger charge is -2.40. The summed E-state index contributed by atoms with van der Waals surface area (Å²) >= 11 is 12.0. The number of carbonyl (C=O) groups excluding carboxylic acids is 2. The second kappa shape index (κ2) is 6.08. The van der Waals surface area contributed by atoms with E-state index in [0.717, 1.165) is 0 Å². The van der Waals surface area contributed by atoms with Crippen molar-refractivity contribution in [2.24, 2.45) is 0 Å². The van der Waals surface area contributed by atoms with E-state index in [1.54, 1.807) is 43.0 Å². The monoisotopic (exact) mass is 326 g/mol. The molecule has 0 aliphatic carbocycles. The summed E-state index contributed by atoms with van der Waals surface area (Å²) < 4.78 is 0. The van der Waals surface area contributed by atoms with Gasteiger partial charge in [0.2, 0.25) is 11.8 Å². The van der Waals surface area contributed by atoms with Crippen molar-refractivity contribution in [1.29, 1.82) is 0 Å². The van der Waals surface area contributed by atoms with Crippen LogP contribution in [0.3, 0.4) is 0 Å². The first kappa shape index (κ1) is 15.9. The van der Waals surface area contributed by atoms with Crippen molar-refractivity contribution in [3.8, 4) is 0 Å². The molecule has 21 heavy (non-hydrogen) atoms. The number of halogens is 2. The van der Waals surface area contributed by atoms with E-state index in [1.807, 2.05) is 0 Å². The van der Waals surface area contributed by atoms with Crippen LogP contribution in [0, 0.1) is 0 Å². The van der Waals surface area contributed by atoms with E-state index in [9.17, 15) is 9.59 Å². The molecular weight excluding hydrogens is 311 g/mol. The van der Waals surface area contributed by atoms with Crippen molar-refractivity contribution in [2.45, 2.75) is 19.4 Å². The van der Waals surface area contributed by atoms with Crippen molar-refractivity contribution in [1.82, 2.24) is 10.2 Å². The van der Waals surface area contributed by atoms with Crippen LogP contribution in [0.25, 0.3) is 6.08 Å². The van der Waals surface area contributed by atoms with Crippen LogP contribution in [-0.4, -0.2) is 35.3 Å². The topological polar surface area (TPSA) is 49.4 Å². The molecule has 0 spiro atoms. The predicted octanol–water partition coefficient (Wildman–Crippen LogP) is 2.74. The normalized spacial score (nSPS) is 17.9. The van der Waals surface area contributed by atoms with Crippen LogP contribution in [0.1, 0.15) is 19.4 Å². The molecule has 1 aromatic carbocycles. The van der Waals surface area contributed by atoms with Gasteiger partial charge in [-0.25, -0.2) is 0 Å². The highest BCUT2D eigenvalue weighted by Crippen LogP contribution is 2.26. The molecule has 0 bridgehead atoms. The number of piperazine rings is 1. The van der Waals surface area contributed by atoms with Crippen LogP contribution in [0.15, 0.2) is 24.3 Å². The van der Waals surface area contributed by atoms with Crippen molar-refractivity contribution >= 4 is 41.1 Å². The molecule has 1 fully saturated rings. The number of hydrogen-bond donors (Lipinski definition) is 1. The Hall–Kier alpha value is -1.52. The van der Waals surface area contributed by atoms with Gasteiger partial charge in [0.05, 0.1) is 10.0 Å². The fourth-order valence-electron chi connectivity index (χ4n) is 2.19. The van der Waals surface area contributed by atoms with Crippen molar-refractivity contribution in [3.63, 3.8) is 0 Å². The van der Waals surface area contributed by atoms with Crippen LogP contribution in [0.2, 0.25) is 10.0 Å². The average molecular weight is 327 g/mol. The van der Waals surface area contributed by atoms with E-state index in [-0.39, 0.29) is 11.8 Å². The lowest BCUT2D eigenvalue weighted by molar-refractivity contribution is -0.146. The van der Waals surface area contributed by atoms with Gasteiger partial charge >= 0.3 is 0 Å². The lowest BCUT2D eigenvalue weighted by atomic mass is 9.98. The zero-order valence-corrected chi connectivity index (χ0v) is 13.3. The van der Waals surface area contributed by atoms with Crippen LogP contribution in [0.5, 0.6) is 0 Å². The largest absolute Gasteiger partial charge is 0.352 e. The first-order valence-electron chi connectivity index (χ1n) is 6.56. The summed E-state index contributed by atoms with van der Waals surface area (Å²) in [5, 5.41) is 3.59. The molecule has 1 N–H and O–H groups in total. The highest BCUT2D eigenvalue weighted by atomic mass is 35.5. The molecule has 1 aromatic rings. The summed E-state index contributed by atoms with van der Waals surface area (Å²) in [5.41, 5.74) is -0.200. The molecule has 0 aromatic heterocycles. The standard InChI is InChI=1S/C15H16Cl2N2O2/c1-15(2)14(21)18-8-9-19(15)12(20)7-6-10-4-3-5-11(16)13(10)17/h3-7H,8-9H2,1-2H3,(H,18,21). The van der Waals surface area contributed by atoms with Gasteiger partial charge in [0.1, 0.15) is 5.54 Å². The zero-order valence-electron chi connectivity index (χ0n) is 11.8. The third-order valence-electron chi connectivity index (χ3n) is 3.50. The summed E-state index contributed by atoms with van der Waals surface area (Å²) in [4.78, 5) is 25.7. The maximum Gasteiger partial charge on any atom is 0.247 e. The molecule has 6 heteroatoms. The number of rotatable bonds is 2. The Morgan fingerprint density at radius 3 is 2.81 bits per heavy atom. The summed E-state index contributed by atoms with van der Waals surface area (Å²) in [6.45, 7) is 4.38. The molecule has 1 heterocycles. The van der Waals surface area contributed by atoms with Crippen molar-refractivity contribution in [3.05, 3.63) is 39.9 Å². The van der Waals surface area contributed by atoms with Crippen molar-refractivity contribution < 1.29 is 9.59 Å². The SMILES string of the molecule is CC1(C)C(=O)NCCN1C(=O)C=Cc1cccc(Cl)c1Cl. The van der Waals surface area contributed by atoms with Crippen LogP contribution in [-0.2, 0) is 9.59 Å². The summed E-state index contributed by atoms with van der Waals surface area (Å²) in [5.74, 6) is -0.387. The maximum atomic E-state index is 12.3. The Labute approximate surface area is 133 Å². The average Bonchev–Trinajstić information content (AvgIpc) is 2.43. The third kappa shape index (κ3) is 3.22. The minimum Gasteiger partial charge on any atom is -0.352 e. The van der Waals surface area contributed by atoms with Gasteiger partial charge in [0.25, 0.3) is 0 Å². The van der Waals surface area contributed by atoms with Gasteiger partial charge in [-0.05, 0) is 31.6 Å². The fraction of sp³-hybridized carbons (Fsp3) is 0.333. The number of hydrogen-bond acceptors (Lipinski definition) is 2. The minimum atomic E-state index is -0.863. The van der Waals surface area contributed by atoms with Crippen LogP contribution >= 0.6 is 23.2 Å². The van der Waals surface area contributed by atoms with Gasteiger partial charge in [-0.15, -0.1) is 0 Å². The number of carbonyl (C=O) groups is 2. The van der Waals surface area contributed by atoms with E-state index in [1.165, 1.54) is 6.08 Å². The molecule has 0 atom stereocenters. The van der Waals surface area contributed by atoms with Crippen LogP contribution < -0.4 is 5.32 Å². The van der Waals surface area contributed by atoms with E-state index in [4.69, 9.17) is 23.2 Å².